The van der Waals surface area contributed by atoms with Crippen LogP contribution >= 0.6 is 0 Å². The zero-order chi connectivity index (χ0) is 27.8. The fourth-order valence-corrected chi connectivity index (χ4v) is 6.08. The molecule has 39 heavy (non-hydrogen) atoms. The molecule has 2 aromatic rings. The van der Waals surface area contributed by atoms with Crippen LogP contribution in [0.15, 0.2) is 42.6 Å². The summed E-state index contributed by atoms with van der Waals surface area (Å²) in [5, 5.41) is 7.04. The Labute approximate surface area is 233 Å². The quantitative estimate of drug-likeness (QED) is 0.337. The van der Waals surface area contributed by atoms with Crippen LogP contribution in [-0.2, 0) is 18.8 Å². The Bertz CT molecular complexity index is 1110. The van der Waals surface area contributed by atoms with E-state index in [-0.39, 0.29) is 11.6 Å². The highest BCUT2D eigenvalue weighted by Gasteiger charge is 2.42. The van der Waals surface area contributed by atoms with Crippen molar-refractivity contribution in [3.63, 3.8) is 0 Å². The molecule has 214 valence electrons. The van der Waals surface area contributed by atoms with Crippen molar-refractivity contribution < 1.29 is 8.78 Å². The number of hydrogen-bond donors (Lipinski definition) is 4. The Kier molecular flexibility index (Phi) is 10.2. The number of nitrogens with one attached hydrogen (secondary N) is 2. The Morgan fingerprint density at radius 2 is 1.77 bits per heavy atom. The Balaban J connectivity index is 1.61. The molecule has 0 saturated carbocycles. The molecule has 0 aromatic heterocycles. The van der Waals surface area contributed by atoms with Gasteiger partial charge < -0.3 is 27.0 Å². The monoisotopic (exact) mass is 539 g/mol. The SMILES string of the molecule is CCc1cc(N)c2cc1CCCCNCCCCN1CCC(CC1)C(F)(F)c1cccc(c1)[C@@H](C)N/C2=C/N. The molecule has 7 heteroatoms. The van der Waals surface area contributed by atoms with Crippen molar-refractivity contribution in [3.05, 3.63) is 70.4 Å². The zero-order valence-electron chi connectivity index (χ0n) is 23.7. The van der Waals surface area contributed by atoms with Crippen molar-refractivity contribution >= 4 is 11.4 Å². The minimum Gasteiger partial charge on any atom is -0.403 e. The van der Waals surface area contributed by atoms with Crippen molar-refractivity contribution in [3.8, 4) is 0 Å². The second kappa shape index (κ2) is 13.6. The number of anilines is 1. The molecule has 5 nitrogen and oxygen atoms in total. The van der Waals surface area contributed by atoms with Crippen LogP contribution < -0.4 is 22.1 Å². The predicted octanol–water partition coefficient (Wildman–Crippen LogP) is 5.95. The van der Waals surface area contributed by atoms with Gasteiger partial charge in [0.05, 0.1) is 5.70 Å². The van der Waals surface area contributed by atoms with Crippen molar-refractivity contribution in [1.82, 2.24) is 15.5 Å². The van der Waals surface area contributed by atoms with Crippen LogP contribution in [0.2, 0.25) is 0 Å². The maximum Gasteiger partial charge on any atom is 0.276 e. The van der Waals surface area contributed by atoms with E-state index in [0.29, 0.717) is 24.2 Å². The van der Waals surface area contributed by atoms with Gasteiger partial charge in [0, 0.05) is 35.0 Å². The Hall–Kier alpha value is -2.64. The fraction of sp³-hybridized carbons (Fsp3) is 0.562. The number of aryl methyl sites for hydroxylation is 2. The molecule has 2 aromatic carbocycles. The van der Waals surface area contributed by atoms with Gasteiger partial charge in [0.25, 0.3) is 5.92 Å². The van der Waals surface area contributed by atoms with Crippen LogP contribution in [0.4, 0.5) is 14.5 Å². The average Bonchev–Trinajstić information content (AvgIpc) is 2.95. The minimum atomic E-state index is -2.86. The smallest absolute Gasteiger partial charge is 0.276 e. The molecule has 3 aliphatic rings. The number of piperidine rings is 1. The fourth-order valence-electron chi connectivity index (χ4n) is 6.08. The van der Waals surface area contributed by atoms with Crippen LogP contribution in [0.3, 0.4) is 0 Å². The van der Waals surface area contributed by atoms with Crippen LogP contribution in [0.1, 0.15) is 86.2 Å². The van der Waals surface area contributed by atoms with Crippen molar-refractivity contribution in [1.29, 1.82) is 0 Å². The first-order chi connectivity index (χ1) is 18.8. The summed E-state index contributed by atoms with van der Waals surface area (Å²) in [6.07, 6.45) is 8.93. The molecule has 3 heterocycles. The number of halogens is 2. The van der Waals surface area contributed by atoms with E-state index >= 15 is 8.78 Å². The first-order valence-corrected chi connectivity index (χ1v) is 14.8. The first-order valence-electron chi connectivity index (χ1n) is 14.8. The van der Waals surface area contributed by atoms with Crippen molar-refractivity contribution in [2.75, 3.05) is 38.5 Å². The van der Waals surface area contributed by atoms with E-state index in [4.69, 9.17) is 11.5 Å². The lowest BCUT2D eigenvalue weighted by Crippen LogP contribution is -2.40. The molecular formula is C32H47F2N5. The normalized spacial score (nSPS) is 26.2. The van der Waals surface area contributed by atoms with Crippen molar-refractivity contribution in [2.24, 2.45) is 11.7 Å². The molecule has 6 N–H and O–H groups in total. The van der Waals surface area contributed by atoms with E-state index in [1.54, 1.807) is 18.2 Å². The highest BCUT2D eigenvalue weighted by Crippen LogP contribution is 2.42. The van der Waals surface area contributed by atoms with E-state index in [0.717, 1.165) is 82.4 Å². The summed E-state index contributed by atoms with van der Waals surface area (Å²) >= 11 is 0. The van der Waals surface area contributed by atoms with Gasteiger partial charge in [0.1, 0.15) is 0 Å². The van der Waals surface area contributed by atoms with E-state index in [2.05, 4.69) is 34.6 Å². The maximum atomic E-state index is 15.7. The van der Waals surface area contributed by atoms with Gasteiger partial charge in [-0.25, -0.2) is 8.78 Å². The van der Waals surface area contributed by atoms with E-state index in [9.17, 15) is 0 Å². The molecule has 0 unspecified atom stereocenters. The number of nitrogens with zero attached hydrogens (tertiary/aromatic N) is 1. The molecule has 3 aliphatic heterocycles. The Morgan fingerprint density at radius 1 is 1.03 bits per heavy atom. The first kappa shape index (κ1) is 29.3. The molecular weight excluding hydrogens is 492 g/mol. The summed E-state index contributed by atoms with van der Waals surface area (Å²) in [5.41, 5.74) is 18.3. The molecule has 0 aliphatic carbocycles. The van der Waals surface area contributed by atoms with Gasteiger partial charge in [-0.15, -0.1) is 0 Å². The number of nitrogen functional groups attached to an aromatic ring is 1. The number of benzene rings is 2. The predicted molar refractivity (Wildman–Crippen MR) is 158 cm³/mol. The molecule has 1 atom stereocenters. The van der Waals surface area contributed by atoms with Crippen LogP contribution in [0, 0.1) is 5.92 Å². The average molecular weight is 540 g/mol. The van der Waals surface area contributed by atoms with Gasteiger partial charge in [0.2, 0.25) is 0 Å². The number of alkyl halides is 2. The lowest BCUT2D eigenvalue weighted by molar-refractivity contribution is -0.0855. The third-order valence-electron chi connectivity index (χ3n) is 8.58. The van der Waals surface area contributed by atoms with Gasteiger partial charge in [0.15, 0.2) is 0 Å². The van der Waals surface area contributed by atoms with Crippen molar-refractivity contribution in [2.45, 2.75) is 77.2 Å². The summed E-state index contributed by atoms with van der Waals surface area (Å²) in [5.74, 6) is -3.49. The number of rotatable bonds is 1. The molecule has 0 spiro atoms. The summed E-state index contributed by atoms with van der Waals surface area (Å²) in [7, 11) is 0. The largest absolute Gasteiger partial charge is 0.403 e. The number of hydrogen-bond acceptors (Lipinski definition) is 5. The molecule has 1 fully saturated rings. The minimum absolute atomic E-state index is 0.101. The summed E-state index contributed by atoms with van der Waals surface area (Å²) in [6, 6.07) is 10.9. The summed E-state index contributed by atoms with van der Waals surface area (Å²) in [6.45, 7) is 8.63. The van der Waals surface area contributed by atoms with E-state index in [1.807, 2.05) is 13.0 Å². The van der Waals surface area contributed by atoms with Crippen LogP contribution in [-0.4, -0.2) is 37.6 Å². The lowest BCUT2D eigenvalue weighted by atomic mass is 9.85. The summed E-state index contributed by atoms with van der Waals surface area (Å²) in [4.78, 5) is 2.36. The summed E-state index contributed by atoms with van der Waals surface area (Å²) < 4.78 is 31.4. The molecule has 1 saturated heterocycles. The second-order valence-electron chi connectivity index (χ2n) is 11.3. The zero-order valence-corrected chi connectivity index (χ0v) is 23.7. The topological polar surface area (TPSA) is 79.3 Å². The lowest BCUT2D eigenvalue weighted by Gasteiger charge is -2.36. The maximum absolute atomic E-state index is 15.7. The third kappa shape index (κ3) is 7.31. The van der Waals surface area contributed by atoms with Gasteiger partial charge in [-0.05, 0) is 126 Å². The van der Waals surface area contributed by atoms with E-state index in [1.165, 1.54) is 17.3 Å². The molecule has 5 rings (SSSR count). The molecule has 0 radical (unpaired) electrons. The van der Waals surface area contributed by atoms with Crippen LogP contribution in [0.25, 0.3) is 5.70 Å². The van der Waals surface area contributed by atoms with Crippen LogP contribution in [0.5, 0.6) is 0 Å². The third-order valence-corrected chi connectivity index (χ3v) is 8.58. The number of nitrogens with two attached hydrogens (primary N) is 2. The van der Waals surface area contributed by atoms with Gasteiger partial charge >= 0.3 is 0 Å². The Morgan fingerprint density at radius 3 is 2.49 bits per heavy atom. The molecule has 0 amide bonds. The van der Waals surface area contributed by atoms with E-state index < -0.39 is 11.8 Å². The molecule has 6 bridgehead atoms. The van der Waals surface area contributed by atoms with Gasteiger partial charge in [-0.3, -0.25) is 0 Å². The highest BCUT2D eigenvalue weighted by molar-refractivity contribution is 5.75. The standard InChI is InChI=1S/C32H47F2N5/c1-3-24-21-30(36)29-20-26(24)9-4-5-14-37-15-6-7-16-39-17-12-27(13-18-39)32(33,34)28-11-8-10-25(19-28)23(2)38-31(29)22-35/h8,10-11,19-23,27,37-38H,3-7,9,12-18,35-36H2,1-2H3/b31-22+/t23-/m1/s1. The van der Waals surface area contributed by atoms with Gasteiger partial charge in [-0.2, -0.15) is 0 Å². The highest BCUT2D eigenvalue weighted by atomic mass is 19.3. The van der Waals surface area contributed by atoms with Gasteiger partial charge in [-0.1, -0.05) is 25.1 Å². The number of fused-ring (bicyclic) bond motifs is 12. The second-order valence-corrected chi connectivity index (χ2v) is 11.3.